The van der Waals surface area contributed by atoms with Crippen molar-refractivity contribution in [2.75, 3.05) is 41.0 Å². The molecule has 0 saturated carbocycles. The quantitative estimate of drug-likeness (QED) is 0.131. The highest BCUT2D eigenvalue weighted by Crippen LogP contribution is 2.40. The van der Waals surface area contributed by atoms with Gasteiger partial charge >= 0.3 is 5.97 Å². The van der Waals surface area contributed by atoms with Gasteiger partial charge in [0.2, 0.25) is 0 Å². The number of ether oxygens (including phenoxy) is 6. The fraction of sp³-hybridized carbons (Fsp3) is 0.764. The Labute approximate surface area is 443 Å². The van der Waals surface area contributed by atoms with Crippen molar-refractivity contribution in [2.45, 2.75) is 211 Å². The molecule has 6 rings (SSSR count). The lowest BCUT2D eigenvalue weighted by molar-refractivity contribution is -0.318. The van der Waals surface area contributed by atoms with Gasteiger partial charge in [0.15, 0.2) is 18.4 Å². The summed E-state index contributed by atoms with van der Waals surface area (Å²) >= 11 is 0. The molecule has 0 amide bonds. The number of carbonyl (C=O) groups excluding carboxylic acids is 1. The van der Waals surface area contributed by atoms with E-state index in [-0.39, 0.29) is 25.2 Å². The first kappa shape index (κ1) is 60.6. The minimum absolute atomic E-state index is 0.0879. The minimum Gasteiger partial charge on any atom is -0.459 e. The molecule has 3 aliphatic rings. The van der Waals surface area contributed by atoms with Gasteiger partial charge in [-0.1, -0.05) is 50.3 Å². The number of aryl methyl sites for hydroxylation is 1. The van der Waals surface area contributed by atoms with Crippen molar-refractivity contribution in [2.24, 2.45) is 17.8 Å². The first-order valence-corrected chi connectivity index (χ1v) is 26.8. The van der Waals surface area contributed by atoms with E-state index < -0.39 is 121 Å². The van der Waals surface area contributed by atoms with Crippen LogP contribution in [0, 0.1) is 24.7 Å². The zero-order valence-corrected chi connectivity index (χ0v) is 46.7. The van der Waals surface area contributed by atoms with Crippen molar-refractivity contribution in [3.63, 3.8) is 0 Å². The second-order valence-electron chi connectivity index (χ2n) is 22.9. The topological polar surface area (TPSA) is 237 Å². The van der Waals surface area contributed by atoms with E-state index in [2.05, 4.69) is 20.3 Å². The Bertz CT molecular complexity index is 2260. The second-order valence-corrected chi connectivity index (χ2v) is 22.9. The molecule has 0 aliphatic carbocycles. The highest BCUT2D eigenvalue weighted by Gasteiger charge is 2.53. The Morgan fingerprint density at radius 3 is 2.25 bits per heavy atom. The van der Waals surface area contributed by atoms with Crippen LogP contribution in [0.2, 0.25) is 0 Å². The van der Waals surface area contributed by atoms with Crippen LogP contribution < -0.4 is 0 Å². The van der Waals surface area contributed by atoms with Gasteiger partial charge < -0.3 is 63.8 Å². The third kappa shape index (κ3) is 14.4. The van der Waals surface area contributed by atoms with Crippen LogP contribution in [-0.4, -0.2) is 198 Å². The van der Waals surface area contributed by atoms with Crippen LogP contribution in [0.1, 0.15) is 118 Å². The SMILES string of the molecule is CC[C@H]1OC(=O)[C@H](C)[C@@H](O[C@H]2C[C@@](C)(OC)[C@@H](O)[C@H](C)O2)[C@H](C)[C@@H](O[C@@H]2O[C@H](C)C[C@H](N(C)CCc3cn([C@H](CF)Cc4ccc(-c5ncc(C)cn5)cc4)nn3)[C@H]2O)[C@](C)(O)C[C@@H](C)CN(C)[C@H](C)[C@@H](O)[C@]1(C)O. The summed E-state index contributed by atoms with van der Waals surface area (Å²) in [6.45, 7) is 19.6. The molecule has 5 heterocycles. The molecule has 0 spiro atoms. The Kier molecular flexibility index (Phi) is 20.5. The van der Waals surface area contributed by atoms with E-state index in [9.17, 15) is 34.7 Å². The van der Waals surface area contributed by atoms with E-state index in [1.54, 1.807) is 71.7 Å². The first-order chi connectivity index (χ1) is 35.2. The Morgan fingerprint density at radius 2 is 1.63 bits per heavy atom. The molecular formula is C55H88FN7O12. The number of halogens is 1. The van der Waals surface area contributed by atoms with Crippen LogP contribution in [0.4, 0.5) is 4.39 Å². The number of carbonyl (C=O) groups is 1. The summed E-state index contributed by atoms with van der Waals surface area (Å²) in [6.07, 6.45) is -3.22. The van der Waals surface area contributed by atoms with Crippen molar-refractivity contribution >= 4 is 5.97 Å². The number of cyclic esters (lactones) is 1. The monoisotopic (exact) mass is 1060 g/mol. The number of aliphatic hydroxyl groups excluding tert-OH is 3. The smallest absolute Gasteiger partial charge is 0.311 e. The van der Waals surface area contributed by atoms with Crippen LogP contribution in [-0.2, 0) is 46.1 Å². The molecular weight excluding hydrogens is 970 g/mol. The second kappa shape index (κ2) is 25.4. The molecule has 1 aromatic carbocycles. The molecule has 20 heteroatoms. The third-order valence-corrected chi connectivity index (χ3v) is 16.4. The van der Waals surface area contributed by atoms with Crippen molar-refractivity contribution in [1.29, 1.82) is 0 Å². The maximum atomic E-state index is 14.6. The van der Waals surface area contributed by atoms with Gasteiger partial charge in [0.05, 0.1) is 53.3 Å². The predicted octanol–water partition coefficient (Wildman–Crippen LogP) is 4.62. The van der Waals surface area contributed by atoms with Gasteiger partial charge in [-0.05, 0) is 112 Å². The summed E-state index contributed by atoms with van der Waals surface area (Å²) in [5, 5.41) is 68.5. The molecule has 3 saturated heterocycles. The van der Waals surface area contributed by atoms with Crippen molar-refractivity contribution < 1.29 is 63.1 Å². The third-order valence-electron chi connectivity index (χ3n) is 16.4. The van der Waals surface area contributed by atoms with Crippen LogP contribution in [0.25, 0.3) is 11.4 Å². The Balaban J connectivity index is 1.23. The van der Waals surface area contributed by atoms with Crippen LogP contribution in [0.15, 0.2) is 42.9 Å². The molecule has 19 nitrogen and oxygen atoms in total. The molecule has 422 valence electrons. The molecule has 3 fully saturated rings. The number of nitrogens with zero attached hydrogens (tertiary/aromatic N) is 7. The normalized spacial score (nSPS) is 38.4. The molecule has 3 aliphatic heterocycles. The summed E-state index contributed by atoms with van der Waals surface area (Å²) in [7, 11) is 5.23. The molecule has 0 bridgehead atoms. The fourth-order valence-corrected chi connectivity index (χ4v) is 11.5. The van der Waals surface area contributed by atoms with Gasteiger partial charge in [0.1, 0.15) is 36.7 Å². The first-order valence-electron chi connectivity index (χ1n) is 26.8. The standard InChI is InChI=1S/C55H88FN7O12/c1-15-43-55(11,69)47(65)36(7)62(13)29-31(2)24-53(9,68)49(34(5)46(35(6)51(67)73-43)74-44-25-54(10,70-14)48(66)37(8)72-44)75-52-45(64)42(22-33(4)71-52)61(12)21-20-40-30-63(60-59-40)41(26-56)23-38-16-18-39(19-17-38)50-57-27-32(3)28-58-50/h16-19,27-28,30-31,33-37,41-49,52,64-66,68-69H,15,20-26,29H2,1-14H3/t31-,33-,34+,35-,36-,37+,41+,42+,43-,44+,45-,46+,47-,48+,49-,52+,53-,54-,55-/m1/s1. The van der Waals surface area contributed by atoms with Gasteiger partial charge in [-0.3, -0.25) is 4.79 Å². The molecule has 19 atom stereocenters. The molecule has 75 heavy (non-hydrogen) atoms. The molecule has 0 radical (unpaired) electrons. The van der Waals surface area contributed by atoms with Crippen molar-refractivity contribution in [3.8, 4) is 11.4 Å². The number of methoxy groups -OCH3 is 1. The summed E-state index contributed by atoms with van der Waals surface area (Å²) in [5.41, 5.74) is -1.16. The molecule has 2 aromatic heterocycles. The number of hydrogen-bond donors (Lipinski definition) is 5. The summed E-state index contributed by atoms with van der Waals surface area (Å²) in [4.78, 5) is 27.2. The maximum Gasteiger partial charge on any atom is 0.311 e. The minimum atomic E-state index is -1.85. The predicted molar refractivity (Wildman–Crippen MR) is 278 cm³/mol. The average Bonchev–Trinajstić information content (AvgIpc) is 3.85. The van der Waals surface area contributed by atoms with Gasteiger partial charge in [-0.2, -0.15) is 0 Å². The van der Waals surface area contributed by atoms with Gasteiger partial charge in [0.25, 0.3) is 0 Å². The zero-order chi connectivity index (χ0) is 55.3. The van der Waals surface area contributed by atoms with Gasteiger partial charge in [-0.25, -0.2) is 19.0 Å². The number of esters is 1. The molecule has 3 aromatic rings. The Morgan fingerprint density at radius 1 is 0.960 bits per heavy atom. The number of rotatable bonds is 15. The van der Waals surface area contributed by atoms with Gasteiger partial charge in [-0.15, -0.1) is 5.10 Å². The van der Waals surface area contributed by atoms with E-state index in [1.165, 1.54) is 14.0 Å². The van der Waals surface area contributed by atoms with Crippen LogP contribution >= 0.6 is 0 Å². The fourth-order valence-electron chi connectivity index (χ4n) is 11.5. The van der Waals surface area contributed by atoms with E-state index in [1.807, 2.05) is 68.9 Å². The number of alkyl halides is 1. The summed E-state index contributed by atoms with van der Waals surface area (Å²) in [6, 6.07) is 6.11. The number of hydrogen-bond acceptors (Lipinski definition) is 18. The van der Waals surface area contributed by atoms with Crippen LogP contribution in [0.3, 0.4) is 0 Å². The number of aromatic nitrogens is 5. The lowest BCUT2D eigenvalue weighted by Gasteiger charge is -2.49. The number of benzene rings is 1. The van der Waals surface area contributed by atoms with E-state index in [0.29, 0.717) is 43.9 Å². The lowest BCUT2D eigenvalue weighted by Crippen LogP contribution is -2.61. The maximum absolute atomic E-state index is 14.6. The van der Waals surface area contributed by atoms with E-state index >= 15 is 0 Å². The van der Waals surface area contributed by atoms with Gasteiger partial charge in [0, 0.05) is 75.2 Å². The van der Waals surface area contributed by atoms with Crippen LogP contribution in [0.5, 0.6) is 0 Å². The molecule has 0 unspecified atom stereocenters. The average molecular weight is 1060 g/mol. The van der Waals surface area contributed by atoms with E-state index in [0.717, 1.165) is 16.7 Å². The lowest BCUT2D eigenvalue weighted by atomic mass is 9.77. The summed E-state index contributed by atoms with van der Waals surface area (Å²) < 4.78 is 54.5. The van der Waals surface area contributed by atoms with Crippen molar-refractivity contribution in [1.82, 2.24) is 34.8 Å². The summed E-state index contributed by atoms with van der Waals surface area (Å²) in [5.74, 6) is -2.24. The highest BCUT2D eigenvalue weighted by molar-refractivity contribution is 5.73. The number of aliphatic hydroxyl groups is 5. The zero-order valence-electron chi connectivity index (χ0n) is 46.7. The number of likely N-dealkylation sites (N-methyl/N-ethyl adjacent to an activating group) is 2. The van der Waals surface area contributed by atoms with E-state index in [4.69, 9.17) is 28.4 Å². The Hall–Kier alpha value is -3.64. The molecule has 5 N–H and O–H groups in total. The highest BCUT2D eigenvalue weighted by atomic mass is 19.1. The largest absolute Gasteiger partial charge is 0.459 e. The van der Waals surface area contributed by atoms with Crippen molar-refractivity contribution in [3.05, 3.63) is 59.7 Å².